The lowest BCUT2D eigenvalue weighted by atomic mass is 9.91. The molecule has 1 saturated heterocycles. The first-order chi connectivity index (χ1) is 28.3. The first kappa shape index (κ1) is 47.3. The maximum atomic E-state index is 14.2. The number of amides is 4. The molecule has 4 aliphatic rings. The molecule has 3 fully saturated rings. The van der Waals surface area contributed by atoms with E-state index in [-0.39, 0.29) is 53.9 Å². The predicted molar refractivity (Wildman–Crippen MR) is 230 cm³/mol. The summed E-state index contributed by atoms with van der Waals surface area (Å²) >= 11 is 0. The molecule has 2 aliphatic carbocycles. The van der Waals surface area contributed by atoms with E-state index in [0.29, 0.717) is 43.2 Å². The van der Waals surface area contributed by atoms with Crippen LogP contribution < -0.4 is 30.0 Å². The van der Waals surface area contributed by atoms with Crippen molar-refractivity contribution in [2.75, 3.05) is 13.7 Å². The molecule has 4 N–H and O–H groups in total. The van der Waals surface area contributed by atoms with Crippen molar-refractivity contribution in [2.24, 2.45) is 23.5 Å². The normalized spacial score (nSPS) is 27.1. The van der Waals surface area contributed by atoms with Crippen LogP contribution in [0.4, 0.5) is 13.6 Å². The number of nitrogens with one attached hydrogen (secondary N) is 2. The summed E-state index contributed by atoms with van der Waals surface area (Å²) in [7, 11) is -2.34. The smallest absolute Gasteiger partial charge is 0.405 e. The van der Waals surface area contributed by atoms with Gasteiger partial charge in [-0.1, -0.05) is 26.0 Å². The molecular formula is C43H67F2N5O10S. The van der Waals surface area contributed by atoms with E-state index in [0.717, 1.165) is 43.9 Å². The fraction of sp³-hybridized carbons (Fsp3) is 0.651. The molecule has 4 amide bonds. The predicted octanol–water partition coefficient (Wildman–Crippen LogP) is 6.91. The Morgan fingerprint density at radius 3 is 2.38 bits per heavy atom. The van der Waals surface area contributed by atoms with E-state index in [1.54, 1.807) is 18.9 Å². The molecule has 0 spiro atoms. The third kappa shape index (κ3) is 11.2. The van der Waals surface area contributed by atoms with E-state index in [4.69, 9.17) is 14.2 Å². The summed E-state index contributed by atoms with van der Waals surface area (Å²) in [5.74, 6) is -3.08. The number of pyridine rings is 1. The zero-order chi connectivity index (χ0) is 45.3. The zero-order valence-electron chi connectivity index (χ0n) is 36.5. The summed E-state index contributed by atoms with van der Waals surface area (Å²) < 4.78 is 74.6. The maximum Gasteiger partial charge on any atom is 0.405 e. The minimum Gasteiger partial charge on any atom is -0.497 e. The van der Waals surface area contributed by atoms with Gasteiger partial charge in [0.05, 0.1) is 24.5 Å². The van der Waals surface area contributed by atoms with Crippen molar-refractivity contribution in [3.8, 4) is 17.5 Å². The van der Waals surface area contributed by atoms with Gasteiger partial charge in [-0.3, -0.25) is 19.1 Å². The van der Waals surface area contributed by atoms with Crippen LogP contribution in [0, 0.1) is 17.8 Å². The van der Waals surface area contributed by atoms with Gasteiger partial charge in [0.1, 0.15) is 23.4 Å². The van der Waals surface area contributed by atoms with E-state index in [9.17, 15) is 36.4 Å². The number of hydrogen-bond donors (Lipinski definition) is 3. The second-order valence-corrected chi connectivity index (χ2v) is 20.4. The lowest BCUT2D eigenvalue weighted by Gasteiger charge is -2.29. The molecular weight excluding hydrogens is 817 g/mol. The Labute approximate surface area is 361 Å². The van der Waals surface area contributed by atoms with Crippen molar-refractivity contribution < 1.29 is 59.6 Å². The van der Waals surface area contributed by atoms with E-state index in [2.05, 4.69) is 39.3 Å². The van der Waals surface area contributed by atoms with Crippen molar-refractivity contribution in [3.05, 3.63) is 36.4 Å². The number of rotatable bonds is 10. The summed E-state index contributed by atoms with van der Waals surface area (Å²) in [5, 5.41) is 4.45. The van der Waals surface area contributed by atoms with E-state index >= 15 is 0 Å². The summed E-state index contributed by atoms with van der Waals surface area (Å²) in [5.41, 5.74) is 1.30. The van der Waals surface area contributed by atoms with Crippen molar-refractivity contribution in [2.45, 2.75) is 147 Å². The van der Waals surface area contributed by atoms with Crippen LogP contribution in [0.3, 0.4) is 0 Å². The third-order valence-electron chi connectivity index (χ3n) is 12.0. The van der Waals surface area contributed by atoms with E-state index in [1.165, 1.54) is 0 Å². The number of ether oxygens (including phenoxy) is 4. The summed E-state index contributed by atoms with van der Waals surface area (Å²) in [6.45, 7) is 12.6. The van der Waals surface area contributed by atoms with Crippen molar-refractivity contribution in [3.63, 3.8) is 0 Å². The number of aromatic nitrogens is 1. The average Bonchev–Trinajstić information content (AvgIpc) is 4.02. The Morgan fingerprint density at radius 2 is 1.79 bits per heavy atom. The van der Waals surface area contributed by atoms with Gasteiger partial charge in [0.25, 0.3) is 11.8 Å². The quantitative estimate of drug-likeness (QED) is 0.209. The Balaban J connectivity index is 0.000000892. The molecule has 2 aromatic rings. The molecule has 6 atom stereocenters. The fourth-order valence-corrected chi connectivity index (χ4v) is 8.93. The average molecular weight is 884 g/mol. The molecule has 0 radical (unpaired) electrons. The molecule has 0 unspecified atom stereocenters. The van der Waals surface area contributed by atoms with Crippen molar-refractivity contribution in [1.82, 2.24) is 19.9 Å². The van der Waals surface area contributed by atoms with Crippen LogP contribution in [0.1, 0.15) is 111 Å². The van der Waals surface area contributed by atoms with E-state index < -0.39 is 61.9 Å². The van der Waals surface area contributed by atoms with Gasteiger partial charge in [-0.05, 0) is 109 Å². The van der Waals surface area contributed by atoms with Gasteiger partial charge in [-0.25, -0.2) is 22.0 Å². The molecule has 1 aromatic carbocycles. The fourth-order valence-electron chi connectivity index (χ4n) is 7.62. The number of nitrogens with two attached hydrogens (primary N) is 1. The highest BCUT2D eigenvalue weighted by Gasteiger charge is 2.63. The lowest BCUT2D eigenvalue weighted by Crippen LogP contribution is -2.57. The first-order valence-electron chi connectivity index (χ1n) is 20.8. The standard InChI is InChI=1S/C37H50N4O8S.C6H11F2NO2.3H2/c1-22(2)48-31-18-25-17-27(47-6)11-12-29(25)34(38-31)49-28-19-30-33(43)39-37(35(44)40-50(45,46)36(5)13-14-36)20-26(37)10-8-7-9-23(3)15-24(4)16-32(42)41(30)21-28;1-5(2,6(3,7)8)11-4(9)10;;;/h8,10-12,17-18,22-24,26,28,30H,7,9,13-16,19-21H2,1-6H3,(H,39,43)(H,40,44);1-3H3,(H2,9,10);3*1H/b10-8-;;;;/t23-,24-,26-,28-,30+,37-;;;;/m1..../s1. The van der Waals surface area contributed by atoms with Crippen molar-refractivity contribution >= 4 is 44.6 Å². The molecule has 18 heteroatoms. The number of nitrogens with zero attached hydrogens (tertiary/aromatic N) is 2. The molecule has 0 bridgehead atoms. The highest BCUT2D eigenvalue weighted by atomic mass is 32.2. The molecule has 2 aliphatic heterocycles. The zero-order valence-corrected chi connectivity index (χ0v) is 37.3. The van der Waals surface area contributed by atoms with Crippen LogP contribution in [-0.4, -0.2) is 95.8 Å². The van der Waals surface area contributed by atoms with Gasteiger partial charge in [-0.2, -0.15) is 4.98 Å². The number of halogens is 2. The number of sulfonamides is 1. The highest BCUT2D eigenvalue weighted by molar-refractivity contribution is 7.91. The Hall–Kier alpha value is -4.74. The Bertz CT molecular complexity index is 2140. The number of alkyl halides is 2. The second kappa shape index (κ2) is 17.9. The van der Waals surface area contributed by atoms with Crippen LogP contribution in [0.25, 0.3) is 10.8 Å². The number of primary amides is 1. The Morgan fingerprint density at radius 1 is 1.10 bits per heavy atom. The van der Waals surface area contributed by atoms with Gasteiger partial charge in [0.15, 0.2) is 5.60 Å². The van der Waals surface area contributed by atoms with Gasteiger partial charge in [0, 0.05) is 41.4 Å². The third-order valence-corrected chi connectivity index (χ3v) is 14.2. The van der Waals surface area contributed by atoms with Crippen molar-refractivity contribution in [1.29, 1.82) is 0 Å². The number of carbonyl (C=O) groups excluding carboxylic acids is 4. The molecule has 61 heavy (non-hydrogen) atoms. The largest absolute Gasteiger partial charge is 0.497 e. The van der Waals surface area contributed by atoms with E-state index in [1.807, 2.05) is 50.3 Å². The summed E-state index contributed by atoms with van der Waals surface area (Å²) in [6, 6.07) is 6.41. The summed E-state index contributed by atoms with van der Waals surface area (Å²) in [4.78, 5) is 58.3. The molecule has 1 aromatic heterocycles. The van der Waals surface area contributed by atoms with Gasteiger partial charge >= 0.3 is 6.09 Å². The number of allylic oxidation sites excluding steroid dienone is 1. The first-order valence-corrected chi connectivity index (χ1v) is 22.3. The molecule has 344 valence electrons. The maximum absolute atomic E-state index is 14.2. The van der Waals surface area contributed by atoms with Gasteiger partial charge in [0.2, 0.25) is 33.6 Å². The Kier molecular flexibility index (Phi) is 13.9. The molecule has 6 rings (SSSR count). The summed E-state index contributed by atoms with van der Waals surface area (Å²) in [6.07, 6.45) is 6.20. The van der Waals surface area contributed by atoms with Crippen LogP contribution >= 0.6 is 0 Å². The highest BCUT2D eigenvalue weighted by Crippen LogP contribution is 2.48. The van der Waals surface area contributed by atoms with Gasteiger partial charge in [-0.15, -0.1) is 0 Å². The van der Waals surface area contributed by atoms with Crippen LogP contribution in [0.2, 0.25) is 0 Å². The number of hydrogen-bond acceptors (Lipinski definition) is 11. The topological polar surface area (TPSA) is 206 Å². The minimum atomic E-state index is -3.93. The molecule has 3 heterocycles. The lowest BCUT2D eigenvalue weighted by molar-refractivity contribution is -0.148. The SMILES string of the molecule is CC(F)(F)C(C)(C)OC(N)=O.COc1ccc2c(O[C@@H]3C[C@H]4C(=O)N[C@]5(C(=O)NS(=O)(=O)C6(C)CC6)C[C@H]5/C=C\CC[C@@H](C)C[C@@H](C)CC(=O)N4C3)nc(OC(C)C)cc2c1.[HH].[HH].[HH]. The number of methoxy groups -OCH3 is 1. The number of carbonyl (C=O) groups is 4. The van der Waals surface area contributed by atoms with Crippen LogP contribution in [0.15, 0.2) is 36.4 Å². The number of fused-ring (bicyclic) bond motifs is 3. The second-order valence-electron chi connectivity index (χ2n) is 18.2. The number of benzene rings is 1. The van der Waals surface area contributed by atoms with Crippen LogP contribution in [-0.2, 0) is 29.1 Å². The molecule has 15 nitrogen and oxygen atoms in total. The van der Waals surface area contributed by atoms with Crippen LogP contribution in [0.5, 0.6) is 17.5 Å². The monoisotopic (exact) mass is 883 g/mol. The minimum absolute atomic E-state index is 0. The molecule has 2 saturated carbocycles. The van der Waals surface area contributed by atoms with Gasteiger partial charge < -0.3 is 34.9 Å².